The summed E-state index contributed by atoms with van der Waals surface area (Å²) in [6, 6.07) is 8.02. The molecule has 1 aromatic heterocycles. The van der Waals surface area contributed by atoms with Gasteiger partial charge in [0, 0.05) is 41.2 Å². The van der Waals surface area contributed by atoms with Gasteiger partial charge in [-0.3, -0.25) is 9.78 Å². The summed E-state index contributed by atoms with van der Waals surface area (Å²) in [5.41, 5.74) is 2.67. The number of aromatic nitrogens is 1. The summed E-state index contributed by atoms with van der Waals surface area (Å²) in [5.74, 6) is 0.620. The second-order valence-electron chi connectivity index (χ2n) is 6.91. The highest BCUT2D eigenvalue weighted by Crippen LogP contribution is 2.40. The molecule has 7 heteroatoms. The Morgan fingerprint density at radius 3 is 2.69 bits per heavy atom. The first-order chi connectivity index (χ1) is 11.7. The molecule has 0 bridgehead atoms. The molecule has 4 nitrogen and oxygen atoms in total. The van der Waals surface area contributed by atoms with Gasteiger partial charge in [-0.2, -0.15) is 0 Å². The van der Waals surface area contributed by atoms with Gasteiger partial charge in [0.25, 0.3) is 5.91 Å². The molecule has 1 saturated heterocycles. The second kappa shape index (κ2) is 8.75. The first-order valence-electron chi connectivity index (χ1n) is 8.72. The van der Waals surface area contributed by atoms with Crippen molar-refractivity contribution in [3.63, 3.8) is 0 Å². The van der Waals surface area contributed by atoms with Crippen molar-refractivity contribution >= 4 is 53.2 Å². The van der Waals surface area contributed by atoms with Gasteiger partial charge < -0.3 is 10.2 Å². The van der Waals surface area contributed by atoms with Gasteiger partial charge >= 0.3 is 0 Å². The Morgan fingerprint density at radius 2 is 2.00 bits per heavy atom. The number of carbonyl (C=O) groups excluding carboxylic acids is 1. The third-order valence-corrected chi connectivity index (χ3v) is 5.37. The van der Waals surface area contributed by atoms with Crippen LogP contribution in [0.5, 0.6) is 0 Å². The van der Waals surface area contributed by atoms with E-state index in [-0.39, 0.29) is 30.7 Å². The van der Waals surface area contributed by atoms with Crippen LogP contribution in [0, 0.1) is 0 Å². The second-order valence-corrected chi connectivity index (χ2v) is 7.35. The fourth-order valence-electron chi connectivity index (χ4n) is 3.55. The fraction of sp³-hybridized carbons (Fsp3) is 0.474. The van der Waals surface area contributed by atoms with Crippen molar-refractivity contribution in [2.24, 2.45) is 0 Å². The lowest BCUT2D eigenvalue weighted by molar-refractivity contribution is 0.0700. The highest BCUT2D eigenvalue weighted by atomic mass is 35.5. The molecule has 1 unspecified atom stereocenters. The highest BCUT2D eigenvalue weighted by Gasteiger charge is 2.29. The third kappa shape index (κ3) is 4.25. The van der Waals surface area contributed by atoms with Crippen molar-refractivity contribution in [2.45, 2.75) is 37.6 Å². The number of nitrogens with zero attached hydrogens (tertiary/aromatic N) is 2. The molecule has 1 N–H and O–H groups in total. The molecule has 142 valence electrons. The summed E-state index contributed by atoms with van der Waals surface area (Å²) in [6.45, 7) is 1.58. The average molecular weight is 417 g/mol. The number of fused-ring (bicyclic) bond motifs is 1. The van der Waals surface area contributed by atoms with Crippen molar-refractivity contribution in [3.05, 3.63) is 40.5 Å². The van der Waals surface area contributed by atoms with Gasteiger partial charge in [-0.1, -0.05) is 11.6 Å². The van der Waals surface area contributed by atoms with Crippen LogP contribution in [0.3, 0.4) is 0 Å². The molecule has 26 heavy (non-hydrogen) atoms. The smallest absolute Gasteiger partial charge is 0.254 e. The van der Waals surface area contributed by atoms with Crippen LogP contribution < -0.4 is 5.32 Å². The largest absolute Gasteiger partial charge is 0.337 e. The Hall–Kier alpha value is -1.07. The summed E-state index contributed by atoms with van der Waals surface area (Å²) < 4.78 is 0. The molecule has 1 amide bonds. The SMILES string of the molecule is CNC1CCCN(C(=O)c2cc(C3CC3)nc3ccc(Cl)cc23)C1.Cl.Cl. The Morgan fingerprint density at radius 1 is 1.23 bits per heavy atom. The van der Waals surface area contributed by atoms with E-state index in [1.54, 1.807) is 0 Å². The van der Waals surface area contributed by atoms with Gasteiger partial charge in [-0.05, 0) is 57.0 Å². The minimum Gasteiger partial charge on any atom is -0.337 e. The van der Waals surface area contributed by atoms with Crippen molar-refractivity contribution in [1.29, 1.82) is 0 Å². The van der Waals surface area contributed by atoms with Gasteiger partial charge in [-0.15, -0.1) is 24.8 Å². The van der Waals surface area contributed by atoms with E-state index in [0.29, 0.717) is 17.0 Å². The van der Waals surface area contributed by atoms with E-state index in [1.165, 1.54) is 12.8 Å². The molecule has 2 heterocycles. The van der Waals surface area contributed by atoms with Crippen LogP contribution in [0.25, 0.3) is 10.9 Å². The molecule has 0 radical (unpaired) electrons. The first-order valence-corrected chi connectivity index (χ1v) is 9.10. The van der Waals surface area contributed by atoms with Crippen LogP contribution in [0.4, 0.5) is 0 Å². The number of amides is 1. The van der Waals surface area contributed by atoms with E-state index in [4.69, 9.17) is 16.6 Å². The Kier molecular flexibility index (Phi) is 7.14. The fourth-order valence-corrected chi connectivity index (χ4v) is 3.72. The van der Waals surface area contributed by atoms with Crippen LogP contribution in [0.15, 0.2) is 24.3 Å². The maximum Gasteiger partial charge on any atom is 0.254 e. The lowest BCUT2D eigenvalue weighted by Gasteiger charge is -2.33. The zero-order valence-corrected chi connectivity index (χ0v) is 17.1. The maximum atomic E-state index is 13.2. The summed E-state index contributed by atoms with van der Waals surface area (Å²) in [6.07, 6.45) is 4.50. The Balaban J connectivity index is 0.00000121. The number of likely N-dealkylation sites (tertiary alicyclic amines) is 1. The third-order valence-electron chi connectivity index (χ3n) is 5.13. The molecule has 2 fully saturated rings. The first kappa shape index (κ1) is 21.2. The van der Waals surface area contributed by atoms with E-state index in [1.807, 2.05) is 36.2 Å². The number of pyridine rings is 1. The van der Waals surface area contributed by atoms with Gasteiger partial charge in [0.05, 0.1) is 11.1 Å². The lowest BCUT2D eigenvalue weighted by Crippen LogP contribution is -2.47. The number of halogens is 3. The van der Waals surface area contributed by atoms with E-state index in [0.717, 1.165) is 48.1 Å². The maximum absolute atomic E-state index is 13.2. The molecule has 1 aliphatic heterocycles. The normalized spacial score (nSPS) is 19.6. The van der Waals surface area contributed by atoms with E-state index < -0.39 is 0 Å². The van der Waals surface area contributed by atoms with E-state index in [2.05, 4.69) is 5.32 Å². The predicted molar refractivity (Wildman–Crippen MR) is 111 cm³/mol. The molecule has 1 aromatic carbocycles. The molecule has 0 spiro atoms. The molecule has 1 aliphatic carbocycles. The van der Waals surface area contributed by atoms with Gasteiger partial charge in [0.2, 0.25) is 0 Å². The average Bonchev–Trinajstić information content (AvgIpc) is 3.45. The van der Waals surface area contributed by atoms with E-state index in [9.17, 15) is 4.79 Å². The van der Waals surface area contributed by atoms with Crippen LogP contribution in [-0.2, 0) is 0 Å². The molecular formula is C19H24Cl3N3O. The number of nitrogens with one attached hydrogen (secondary N) is 1. The van der Waals surface area contributed by atoms with Crippen LogP contribution in [-0.4, -0.2) is 42.0 Å². The van der Waals surface area contributed by atoms with Crippen LogP contribution >= 0.6 is 36.4 Å². The molecule has 2 aliphatic rings. The van der Waals surface area contributed by atoms with Crippen molar-refractivity contribution in [2.75, 3.05) is 20.1 Å². The van der Waals surface area contributed by atoms with E-state index >= 15 is 0 Å². The Bertz CT molecular complexity index is 795. The summed E-state index contributed by atoms with van der Waals surface area (Å²) >= 11 is 6.18. The molecule has 4 rings (SSSR count). The van der Waals surface area contributed by atoms with Crippen LogP contribution in [0.1, 0.15) is 47.7 Å². The topological polar surface area (TPSA) is 45.2 Å². The standard InChI is InChI=1S/C19H22ClN3O.2ClH/c1-21-14-3-2-8-23(11-14)19(24)16-10-18(12-4-5-12)22-17-7-6-13(20)9-15(16)17;;/h6-7,9-10,12,14,21H,2-5,8,11H2,1H3;2*1H. The number of piperidine rings is 1. The zero-order valence-electron chi connectivity index (χ0n) is 14.7. The minimum atomic E-state index is 0. The van der Waals surface area contributed by atoms with Crippen molar-refractivity contribution in [3.8, 4) is 0 Å². The minimum absolute atomic E-state index is 0. The molecule has 2 aromatic rings. The van der Waals surface area contributed by atoms with Crippen LogP contribution in [0.2, 0.25) is 5.02 Å². The lowest BCUT2D eigenvalue weighted by atomic mass is 10.0. The predicted octanol–water partition coefficient (Wildman–Crippen LogP) is 4.43. The van der Waals surface area contributed by atoms with Gasteiger partial charge in [-0.25, -0.2) is 0 Å². The number of carbonyl (C=O) groups is 1. The Labute approximate surface area is 171 Å². The van der Waals surface area contributed by atoms with Gasteiger partial charge in [0.1, 0.15) is 0 Å². The van der Waals surface area contributed by atoms with Crippen molar-refractivity contribution < 1.29 is 4.79 Å². The van der Waals surface area contributed by atoms with Gasteiger partial charge in [0.15, 0.2) is 0 Å². The highest BCUT2D eigenvalue weighted by molar-refractivity contribution is 6.31. The monoisotopic (exact) mass is 415 g/mol. The number of benzene rings is 1. The number of rotatable bonds is 3. The quantitative estimate of drug-likeness (QED) is 0.805. The summed E-state index contributed by atoms with van der Waals surface area (Å²) in [4.78, 5) is 19.9. The number of hydrogen-bond donors (Lipinski definition) is 1. The number of likely N-dealkylation sites (N-methyl/N-ethyl adjacent to an activating group) is 1. The molecular weight excluding hydrogens is 393 g/mol. The molecule has 1 saturated carbocycles. The molecule has 1 atom stereocenters. The van der Waals surface area contributed by atoms with Crippen molar-refractivity contribution in [1.82, 2.24) is 15.2 Å². The number of hydrogen-bond acceptors (Lipinski definition) is 3. The summed E-state index contributed by atoms with van der Waals surface area (Å²) in [5, 5.41) is 4.81. The zero-order chi connectivity index (χ0) is 16.7. The summed E-state index contributed by atoms with van der Waals surface area (Å²) in [7, 11) is 1.96.